The molecule has 0 radical (unpaired) electrons. The largest absolute Gasteiger partial charge is 0.481 e. The fourth-order valence-corrected chi connectivity index (χ4v) is 2.62. The van der Waals surface area contributed by atoms with Crippen molar-refractivity contribution < 1.29 is 9.53 Å². The number of carbonyl (C=O) groups excluding carboxylic acids is 1. The molecule has 0 bridgehead atoms. The summed E-state index contributed by atoms with van der Waals surface area (Å²) in [6.07, 6.45) is 0. The Kier molecular flexibility index (Phi) is 6.97. The molecule has 118 valence electrons. The smallest absolute Gasteiger partial charge is 0.253 e. The van der Waals surface area contributed by atoms with E-state index in [0.29, 0.717) is 10.6 Å². The van der Waals surface area contributed by atoms with Gasteiger partial charge in [-0.3, -0.25) is 4.79 Å². The van der Waals surface area contributed by atoms with Crippen molar-refractivity contribution in [3.8, 4) is 17.6 Å². The molecule has 0 aliphatic rings. The highest BCUT2D eigenvalue weighted by Crippen LogP contribution is 2.20. The van der Waals surface area contributed by atoms with Crippen molar-refractivity contribution in [3.05, 3.63) is 62.0 Å². The van der Waals surface area contributed by atoms with Crippen LogP contribution >= 0.6 is 43.5 Å². The predicted octanol–water partition coefficient (Wildman–Crippen LogP) is 4.68. The van der Waals surface area contributed by atoms with Gasteiger partial charge in [-0.05, 0) is 36.4 Å². The molecule has 2 aromatic carbocycles. The standard InChI is InChI=1S/C17H12Br2ClNO2/c18-12-4-3-5-14(10-12)23-9-2-1-8-21-17(22)15-11-13(19)6-7-16(15)20/h3-7,10-11H,8-9H2,(H,21,22). The summed E-state index contributed by atoms with van der Waals surface area (Å²) >= 11 is 12.7. The van der Waals surface area contributed by atoms with Gasteiger partial charge in [-0.1, -0.05) is 61.4 Å². The maximum Gasteiger partial charge on any atom is 0.253 e. The van der Waals surface area contributed by atoms with Crippen molar-refractivity contribution in [2.45, 2.75) is 0 Å². The van der Waals surface area contributed by atoms with Crippen molar-refractivity contribution in [3.63, 3.8) is 0 Å². The number of ether oxygens (including phenoxy) is 1. The lowest BCUT2D eigenvalue weighted by atomic mass is 10.2. The zero-order valence-corrected chi connectivity index (χ0v) is 15.8. The molecule has 1 N–H and O–H groups in total. The maximum atomic E-state index is 12.0. The highest BCUT2D eigenvalue weighted by atomic mass is 79.9. The Morgan fingerprint density at radius 1 is 1.13 bits per heavy atom. The number of hydrogen-bond acceptors (Lipinski definition) is 2. The summed E-state index contributed by atoms with van der Waals surface area (Å²) in [6.45, 7) is 0.480. The average Bonchev–Trinajstić information content (AvgIpc) is 2.53. The summed E-state index contributed by atoms with van der Waals surface area (Å²) in [6, 6.07) is 12.6. The Labute approximate surface area is 156 Å². The molecule has 0 heterocycles. The van der Waals surface area contributed by atoms with Gasteiger partial charge >= 0.3 is 0 Å². The Hall–Kier alpha value is -1.48. The Morgan fingerprint density at radius 3 is 2.70 bits per heavy atom. The lowest BCUT2D eigenvalue weighted by Gasteiger charge is -2.04. The SMILES string of the molecule is O=C(NCC#CCOc1cccc(Br)c1)c1cc(Br)ccc1Cl. The van der Waals surface area contributed by atoms with E-state index in [9.17, 15) is 4.79 Å². The van der Waals surface area contributed by atoms with E-state index in [-0.39, 0.29) is 19.1 Å². The highest BCUT2D eigenvalue weighted by Gasteiger charge is 2.09. The Bertz CT molecular complexity index is 769. The predicted molar refractivity (Wildman–Crippen MR) is 98.9 cm³/mol. The second-order valence-electron chi connectivity index (χ2n) is 4.41. The molecule has 2 aromatic rings. The van der Waals surface area contributed by atoms with Crippen LogP contribution in [0.25, 0.3) is 0 Å². The summed E-state index contributed by atoms with van der Waals surface area (Å²) in [5.74, 6) is 6.14. The van der Waals surface area contributed by atoms with Crippen molar-refractivity contribution in [2.24, 2.45) is 0 Å². The van der Waals surface area contributed by atoms with Crippen molar-refractivity contribution >= 4 is 49.4 Å². The minimum absolute atomic E-state index is 0.226. The third-order valence-electron chi connectivity index (χ3n) is 2.74. The van der Waals surface area contributed by atoms with E-state index in [2.05, 4.69) is 49.0 Å². The van der Waals surface area contributed by atoms with E-state index in [1.54, 1.807) is 18.2 Å². The molecule has 0 aromatic heterocycles. The van der Waals surface area contributed by atoms with Gasteiger partial charge in [0.05, 0.1) is 17.1 Å². The fourth-order valence-electron chi connectivity index (χ4n) is 1.68. The monoisotopic (exact) mass is 455 g/mol. The lowest BCUT2D eigenvalue weighted by Crippen LogP contribution is -2.24. The number of carbonyl (C=O) groups is 1. The van der Waals surface area contributed by atoms with Crippen LogP contribution in [0.2, 0.25) is 5.02 Å². The highest BCUT2D eigenvalue weighted by molar-refractivity contribution is 9.10. The first-order chi connectivity index (χ1) is 11.1. The molecule has 6 heteroatoms. The molecule has 2 rings (SSSR count). The molecule has 3 nitrogen and oxygen atoms in total. The van der Waals surface area contributed by atoms with Crippen LogP contribution in [0.5, 0.6) is 5.75 Å². The zero-order chi connectivity index (χ0) is 16.7. The van der Waals surface area contributed by atoms with Crippen LogP contribution in [0.15, 0.2) is 51.4 Å². The van der Waals surface area contributed by atoms with E-state index in [0.717, 1.165) is 14.7 Å². The van der Waals surface area contributed by atoms with E-state index in [1.807, 2.05) is 24.3 Å². The molecule has 23 heavy (non-hydrogen) atoms. The van der Waals surface area contributed by atoms with Crippen molar-refractivity contribution in [1.82, 2.24) is 5.32 Å². The second-order valence-corrected chi connectivity index (χ2v) is 6.64. The van der Waals surface area contributed by atoms with Crippen LogP contribution in [0.1, 0.15) is 10.4 Å². The molecule has 0 saturated heterocycles. The van der Waals surface area contributed by atoms with Crippen LogP contribution in [-0.4, -0.2) is 19.1 Å². The van der Waals surface area contributed by atoms with Gasteiger partial charge in [0, 0.05) is 8.95 Å². The molecule has 0 aliphatic heterocycles. The third kappa shape index (κ3) is 5.91. The summed E-state index contributed by atoms with van der Waals surface area (Å²) < 4.78 is 7.21. The van der Waals surface area contributed by atoms with Gasteiger partial charge in [0.25, 0.3) is 5.91 Å². The van der Waals surface area contributed by atoms with E-state index in [4.69, 9.17) is 16.3 Å². The van der Waals surface area contributed by atoms with Gasteiger partial charge < -0.3 is 10.1 Å². The number of amides is 1. The topological polar surface area (TPSA) is 38.3 Å². The number of halogens is 3. The van der Waals surface area contributed by atoms with Crippen LogP contribution < -0.4 is 10.1 Å². The van der Waals surface area contributed by atoms with E-state index in [1.165, 1.54) is 0 Å². The van der Waals surface area contributed by atoms with Crippen LogP contribution in [0, 0.1) is 11.8 Å². The summed E-state index contributed by atoms with van der Waals surface area (Å²) in [4.78, 5) is 12.0. The normalized spacial score (nSPS) is 9.70. The van der Waals surface area contributed by atoms with Gasteiger partial charge in [0.2, 0.25) is 0 Å². The van der Waals surface area contributed by atoms with Gasteiger partial charge in [0.1, 0.15) is 12.4 Å². The van der Waals surface area contributed by atoms with Crippen LogP contribution in [0.4, 0.5) is 0 Å². The van der Waals surface area contributed by atoms with Gasteiger partial charge in [-0.2, -0.15) is 0 Å². The Balaban J connectivity index is 1.79. The fraction of sp³-hybridized carbons (Fsp3) is 0.118. The summed E-state index contributed by atoms with van der Waals surface area (Å²) in [5.41, 5.74) is 0.410. The first-order valence-corrected chi connectivity index (χ1v) is 8.60. The minimum atomic E-state index is -0.265. The number of nitrogens with one attached hydrogen (secondary N) is 1. The quantitative estimate of drug-likeness (QED) is 0.678. The lowest BCUT2D eigenvalue weighted by molar-refractivity contribution is 0.0959. The number of benzene rings is 2. The minimum Gasteiger partial charge on any atom is -0.481 e. The number of rotatable bonds is 4. The maximum absolute atomic E-state index is 12.0. The molecular formula is C17H12Br2ClNO2. The molecule has 0 spiro atoms. The summed E-state index contributed by atoms with van der Waals surface area (Å²) in [5, 5.41) is 3.09. The second kappa shape index (κ2) is 8.97. The molecule has 0 fully saturated rings. The van der Waals surface area contributed by atoms with Crippen molar-refractivity contribution in [1.29, 1.82) is 0 Å². The molecule has 0 unspecified atom stereocenters. The molecular weight excluding hydrogens is 445 g/mol. The van der Waals surface area contributed by atoms with Gasteiger partial charge in [-0.25, -0.2) is 0 Å². The first kappa shape index (κ1) is 17.9. The number of hydrogen-bond donors (Lipinski definition) is 1. The van der Waals surface area contributed by atoms with Gasteiger partial charge in [0.15, 0.2) is 0 Å². The molecule has 0 aliphatic carbocycles. The van der Waals surface area contributed by atoms with Gasteiger partial charge in [-0.15, -0.1) is 0 Å². The van der Waals surface area contributed by atoms with Crippen LogP contribution in [-0.2, 0) is 0 Å². The molecule has 1 amide bonds. The van der Waals surface area contributed by atoms with E-state index >= 15 is 0 Å². The first-order valence-electron chi connectivity index (χ1n) is 6.63. The molecule has 0 atom stereocenters. The molecule has 0 saturated carbocycles. The average molecular weight is 458 g/mol. The third-order valence-corrected chi connectivity index (χ3v) is 4.06. The zero-order valence-electron chi connectivity index (χ0n) is 11.9. The van der Waals surface area contributed by atoms with Crippen molar-refractivity contribution in [2.75, 3.05) is 13.2 Å². The Morgan fingerprint density at radius 2 is 1.91 bits per heavy atom. The van der Waals surface area contributed by atoms with E-state index < -0.39 is 0 Å². The summed E-state index contributed by atoms with van der Waals surface area (Å²) in [7, 11) is 0. The van der Waals surface area contributed by atoms with Crippen LogP contribution in [0.3, 0.4) is 0 Å².